The summed E-state index contributed by atoms with van der Waals surface area (Å²) in [7, 11) is 0. The number of rotatable bonds is 6. The molecule has 4 nitrogen and oxygen atoms in total. The fourth-order valence-corrected chi connectivity index (χ4v) is 5.21. The number of hydrogen-bond acceptors (Lipinski definition) is 5. The van der Waals surface area contributed by atoms with Crippen molar-refractivity contribution in [3.8, 4) is 0 Å². The van der Waals surface area contributed by atoms with Crippen LogP contribution in [0.2, 0.25) is 0 Å². The van der Waals surface area contributed by atoms with Crippen LogP contribution in [0.15, 0.2) is 75.5 Å². The summed E-state index contributed by atoms with van der Waals surface area (Å²) in [5.41, 5.74) is 2.58. The highest BCUT2D eigenvalue weighted by Crippen LogP contribution is 2.34. The first-order valence-corrected chi connectivity index (χ1v) is 11.0. The summed E-state index contributed by atoms with van der Waals surface area (Å²) < 4.78 is 1.71. The minimum atomic E-state index is -0.00198. The van der Waals surface area contributed by atoms with Crippen molar-refractivity contribution in [3.63, 3.8) is 0 Å². The number of nitrogens with zero attached hydrogens (tertiary/aromatic N) is 2. The first kappa shape index (κ1) is 19.0. The van der Waals surface area contributed by atoms with E-state index in [1.54, 1.807) is 16.3 Å². The molecule has 1 aliphatic rings. The lowest BCUT2D eigenvalue weighted by atomic mass is 10.2. The van der Waals surface area contributed by atoms with E-state index < -0.39 is 0 Å². The molecular weight excluding hydrogens is 388 g/mol. The fraction of sp³-hybridized carbons (Fsp3) is 0.227. The van der Waals surface area contributed by atoms with E-state index in [0.717, 1.165) is 22.6 Å². The predicted molar refractivity (Wildman–Crippen MR) is 115 cm³/mol. The Morgan fingerprint density at radius 3 is 2.54 bits per heavy atom. The summed E-state index contributed by atoms with van der Waals surface area (Å²) in [5, 5.41) is 0.971. The smallest absolute Gasteiger partial charge is 0.268 e. The molecule has 2 heterocycles. The van der Waals surface area contributed by atoms with E-state index in [9.17, 15) is 9.59 Å². The van der Waals surface area contributed by atoms with Gasteiger partial charge in [0.15, 0.2) is 10.9 Å². The minimum Gasteiger partial charge on any atom is -0.293 e. The monoisotopic (exact) mass is 408 g/mol. The lowest BCUT2D eigenvalue weighted by Crippen LogP contribution is -2.26. The van der Waals surface area contributed by atoms with Gasteiger partial charge in [-0.2, -0.15) is 0 Å². The van der Waals surface area contributed by atoms with Crippen LogP contribution in [0.25, 0.3) is 0 Å². The van der Waals surface area contributed by atoms with Gasteiger partial charge in [-0.05, 0) is 5.56 Å². The van der Waals surface area contributed by atoms with Gasteiger partial charge in [-0.1, -0.05) is 79.3 Å². The van der Waals surface area contributed by atoms with Crippen molar-refractivity contribution in [1.29, 1.82) is 0 Å². The Balaban J connectivity index is 1.65. The van der Waals surface area contributed by atoms with Gasteiger partial charge in [-0.15, -0.1) is 11.8 Å². The molecule has 0 spiro atoms. The highest BCUT2D eigenvalue weighted by atomic mass is 32.2. The Labute approximate surface area is 172 Å². The SMILES string of the molecule is C[C@@H]1Cc2nc(SCC(=O)c3ccccc3)n(Cc3ccccc3)c(=O)c2S1. The van der Waals surface area contributed by atoms with Crippen molar-refractivity contribution < 1.29 is 4.79 Å². The van der Waals surface area contributed by atoms with Gasteiger partial charge in [0, 0.05) is 17.2 Å². The zero-order valence-electron chi connectivity index (χ0n) is 15.5. The molecule has 0 N–H and O–H groups in total. The highest BCUT2D eigenvalue weighted by Gasteiger charge is 2.26. The normalized spacial score (nSPS) is 15.4. The maximum Gasteiger partial charge on any atom is 0.268 e. The molecule has 0 aliphatic carbocycles. The molecule has 2 aromatic carbocycles. The van der Waals surface area contributed by atoms with Gasteiger partial charge >= 0.3 is 0 Å². The van der Waals surface area contributed by atoms with Crippen LogP contribution in [0.5, 0.6) is 0 Å². The number of thioether (sulfide) groups is 2. The van der Waals surface area contributed by atoms with Crippen LogP contribution >= 0.6 is 23.5 Å². The number of hydrogen-bond donors (Lipinski definition) is 0. The first-order valence-electron chi connectivity index (χ1n) is 9.17. The molecule has 0 amide bonds. The molecule has 28 heavy (non-hydrogen) atoms. The number of carbonyl (C=O) groups excluding carboxylic acids is 1. The van der Waals surface area contributed by atoms with Crippen molar-refractivity contribution >= 4 is 29.3 Å². The Morgan fingerprint density at radius 2 is 1.82 bits per heavy atom. The minimum absolute atomic E-state index is 0.00198. The van der Waals surface area contributed by atoms with E-state index in [1.165, 1.54) is 11.8 Å². The number of benzene rings is 2. The van der Waals surface area contributed by atoms with E-state index in [-0.39, 0.29) is 17.1 Å². The van der Waals surface area contributed by atoms with Crippen LogP contribution in [0.3, 0.4) is 0 Å². The molecule has 0 radical (unpaired) electrons. The maximum atomic E-state index is 13.2. The lowest BCUT2D eigenvalue weighted by molar-refractivity contribution is 0.102. The van der Waals surface area contributed by atoms with Crippen molar-refractivity contribution in [1.82, 2.24) is 9.55 Å². The Kier molecular flexibility index (Phi) is 5.69. The molecule has 0 bridgehead atoms. The zero-order valence-corrected chi connectivity index (χ0v) is 17.1. The molecule has 4 rings (SSSR count). The van der Waals surface area contributed by atoms with Gasteiger partial charge in [0.25, 0.3) is 5.56 Å². The highest BCUT2D eigenvalue weighted by molar-refractivity contribution is 8.00. The van der Waals surface area contributed by atoms with Crippen molar-refractivity contribution in [2.24, 2.45) is 0 Å². The Morgan fingerprint density at radius 1 is 1.14 bits per heavy atom. The van der Waals surface area contributed by atoms with Crippen molar-refractivity contribution in [2.45, 2.75) is 35.2 Å². The van der Waals surface area contributed by atoms with Crippen LogP contribution in [0.4, 0.5) is 0 Å². The summed E-state index contributed by atoms with van der Waals surface area (Å²) in [6.45, 7) is 2.57. The number of carbonyl (C=O) groups is 1. The second-order valence-corrected chi connectivity index (χ2v) is 9.15. The standard InChI is InChI=1S/C22H20N2O2S2/c1-15-12-18-20(28-15)21(26)24(13-16-8-4-2-5-9-16)22(23-18)27-14-19(25)17-10-6-3-7-11-17/h2-11,15H,12-14H2,1H3/t15-/m1/s1. The number of ketones is 1. The molecule has 1 aliphatic heterocycles. The van der Waals surface area contributed by atoms with E-state index >= 15 is 0 Å². The second kappa shape index (κ2) is 8.37. The van der Waals surface area contributed by atoms with Crippen LogP contribution in [0, 0.1) is 0 Å². The Bertz CT molecular complexity index is 1050. The third-order valence-corrected chi connectivity index (χ3v) is 6.77. The molecule has 3 aromatic rings. The van der Waals surface area contributed by atoms with E-state index in [4.69, 9.17) is 4.98 Å². The molecule has 142 valence electrons. The van der Waals surface area contributed by atoms with Gasteiger partial charge in [0.1, 0.15) is 0 Å². The summed E-state index contributed by atoms with van der Waals surface area (Å²) in [6, 6.07) is 19.1. The van der Waals surface area contributed by atoms with Gasteiger partial charge in [0.2, 0.25) is 0 Å². The number of Topliss-reactive ketones (excluding diaryl/α,β-unsaturated/α-hetero) is 1. The first-order chi connectivity index (χ1) is 13.6. The molecule has 0 saturated carbocycles. The lowest BCUT2D eigenvalue weighted by Gasteiger charge is -2.13. The van der Waals surface area contributed by atoms with Crippen molar-refractivity contribution in [2.75, 3.05) is 5.75 Å². The van der Waals surface area contributed by atoms with Crippen molar-refractivity contribution in [3.05, 3.63) is 87.8 Å². The number of aromatic nitrogens is 2. The molecule has 0 saturated heterocycles. The van der Waals surface area contributed by atoms with E-state index in [0.29, 0.717) is 22.5 Å². The summed E-state index contributed by atoms with van der Waals surface area (Å²) in [4.78, 5) is 31.2. The quantitative estimate of drug-likeness (QED) is 0.346. The third kappa shape index (κ3) is 4.08. The molecule has 6 heteroatoms. The third-order valence-electron chi connectivity index (χ3n) is 4.57. The average Bonchev–Trinajstić information content (AvgIpc) is 3.10. The molecule has 0 fully saturated rings. The van der Waals surface area contributed by atoms with Gasteiger partial charge in [-0.3, -0.25) is 14.2 Å². The summed E-state index contributed by atoms with van der Waals surface area (Å²) in [5.74, 6) is 0.293. The zero-order chi connectivity index (χ0) is 19.5. The predicted octanol–water partition coefficient (Wildman–Crippen LogP) is 4.30. The van der Waals surface area contributed by atoms with Gasteiger partial charge < -0.3 is 0 Å². The van der Waals surface area contributed by atoms with Crippen LogP contribution < -0.4 is 5.56 Å². The molecule has 1 aromatic heterocycles. The van der Waals surface area contributed by atoms with Crippen LogP contribution in [-0.2, 0) is 13.0 Å². The van der Waals surface area contributed by atoms with Gasteiger partial charge in [-0.25, -0.2) is 4.98 Å². The molecule has 1 atom stereocenters. The Hall–Kier alpha value is -2.31. The molecular formula is C22H20N2O2S2. The van der Waals surface area contributed by atoms with Gasteiger partial charge in [0.05, 0.1) is 22.9 Å². The average molecular weight is 409 g/mol. The maximum absolute atomic E-state index is 13.2. The number of fused-ring (bicyclic) bond motifs is 1. The summed E-state index contributed by atoms with van der Waals surface area (Å²) in [6.07, 6.45) is 0.793. The van der Waals surface area contributed by atoms with E-state index in [2.05, 4.69) is 6.92 Å². The largest absolute Gasteiger partial charge is 0.293 e. The summed E-state index contributed by atoms with van der Waals surface area (Å²) >= 11 is 2.94. The topological polar surface area (TPSA) is 52.0 Å². The van der Waals surface area contributed by atoms with Crippen LogP contribution in [0.1, 0.15) is 28.5 Å². The second-order valence-electron chi connectivity index (χ2n) is 6.76. The fourth-order valence-electron chi connectivity index (χ4n) is 3.18. The van der Waals surface area contributed by atoms with Crippen LogP contribution in [-0.4, -0.2) is 26.3 Å². The van der Waals surface area contributed by atoms with E-state index in [1.807, 2.05) is 60.7 Å². The molecule has 0 unspecified atom stereocenters.